The normalized spacial score (nSPS) is 24.5. The monoisotopic (exact) mass is 311 g/mol. The van der Waals surface area contributed by atoms with Crippen LogP contribution in [-0.2, 0) is 16.0 Å². The molecule has 0 bridgehead atoms. The first-order chi connectivity index (χ1) is 11.1. The molecule has 122 valence electrons. The van der Waals surface area contributed by atoms with Gasteiger partial charge in [-0.15, -0.1) is 0 Å². The number of aryl methyl sites for hydroxylation is 2. The van der Waals surface area contributed by atoms with Crippen LogP contribution >= 0.6 is 0 Å². The van der Waals surface area contributed by atoms with Gasteiger partial charge >= 0.3 is 0 Å². The van der Waals surface area contributed by atoms with Crippen molar-refractivity contribution in [2.24, 2.45) is 0 Å². The molecule has 1 aliphatic carbocycles. The van der Waals surface area contributed by atoms with Crippen LogP contribution in [0.25, 0.3) is 0 Å². The van der Waals surface area contributed by atoms with Crippen molar-refractivity contribution < 1.29 is 9.59 Å². The van der Waals surface area contributed by atoms with Gasteiger partial charge in [-0.1, -0.05) is 31.5 Å². The van der Waals surface area contributed by atoms with Crippen LogP contribution in [0, 0.1) is 6.92 Å². The largest absolute Gasteiger partial charge is 0.272 e. The van der Waals surface area contributed by atoms with Crippen molar-refractivity contribution in [3.63, 3.8) is 0 Å². The van der Waals surface area contributed by atoms with E-state index < -0.39 is 0 Å². The third-order valence-corrected chi connectivity index (χ3v) is 5.22. The first-order valence-corrected chi connectivity index (χ1v) is 8.74. The van der Waals surface area contributed by atoms with E-state index in [9.17, 15) is 9.59 Å². The molecule has 23 heavy (non-hydrogen) atoms. The second-order valence-corrected chi connectivity index (χ2v) is 6.83. The number of nitrogens with zero attached hydrogens (tertiary/aromatic N) is 1. The molecule has 1 aliphatic heterocycles. The maximum atomic E-state index is 11.8. The number of rotatable bonds is 4. The Bertz CT molecular complexity index is 621. The zero-order chi connectivity index (χ0) is 16.4. The fourth-order valence-corrected chi connectivity index (χ4v) is 4.06. The third-order valence-electron chi connectivity index (χ3n) is 5.22. The molecule has 0 aromatic heterocycles. The van der Waals surface area contributed by atoms with Gasteiger partial charge in [-0.25, -0.2) is 0 Å². The molecule has 3 nitrogen and oxygen atoms in total. The molecule has 0 atom stereocenters. The Hall–Kier alpha value is -1.90. The molecular formula is C20H25NO2. The molecule has 0 N–H and O–H groups in total. The second kappa shape index (κ2) is 6.69. The average molecular weight is 311 g/mol. The molecule has 2 aliphatic rings. The number of imide groups is 1. The molecule has 0 spiro atoms. The fourth-order valence-electron chi connectivity index (χ4n) is 4.06. The highest BCUT2D eigenvalue weighted by molar-refractivity contribution is 6.13. The summed E-state index contributed by atoms with van der Waals surface area (Å²) in [5.41, 5.74) is 4.25. The SMILES string of the molecule is CCCc1ccc(C2CCC(N3C(=O)C=CC3=O)CC2)c(C)c1. The average Bonchev–Trinajstić information content (AvgIpc) is 2.87. The lowest BCUT2D eigenvalue weighted by atomic mass is 9.79. The number of amides is 2. The standard InChI is InChI=1S/C20H25NO2/c1-3-4-15-5-10-18(14(2)13-15)16-6-8-17(9-7-16)21-19(22)11-12-20(21)23/h5,10-13,16-17H,3-4,6-9H2,1-2H3. The molecule has 1 saturated carbocycles. The first kappa shape index (κ1) is 16.0. The lowest BCUT2D eigenvalue weighted by molar-refractivity contribution is -0.140. The summed E-state index contributed by atoms with van der Waals surface area (Å²) in [6.45, 7) is 4.42. The molecule has 3 rings (SSSR count). The Labute approximate surface area is 138 Å². The highest BCUT2D eigenvalue weighted by atomic mass is 16.2. The summed E-state index contributed by atoms with van der Waals surface area (Å²) >= 11 is 0. The van der Waals surface area contributed by atoms with E-state index in [-0.39, 0.29) is 17.9 Å². The van der Waals surface area contributed by atoms with Crippen molar-refractivity contribution >= 4 is 11.8 Å². The van der Waals surface area contributed by atoms with E-state index in [0.29, 0.717) is 5.92 Å². The van der Waals surface area contributed by atoms with Crippen LogP contribution in [0.1, 0.15) is 61.6 Å². The predicted molar refractivity (Wildman–Crippen MR) is 91.2 cm³/mol. The molecule has 0 radical (unpaired) electrons. The summed E-state index contributed by atoms with van der Waals surface area (Å²) in [5, 5.41) is 0. The van der Waals surface area contributed by atoms with E-state index >= 15 is 0 Å². The highest BCUT2D eigenvalue weighted by Gasteiger charge is 2.34. The van der Waals surface area contributed by atoms with Crippen molar-refractivity contribution in [2.75, 3.05) is 0 Å². The first-order valence-electron chi connectivity index (χ1n) is 8.74. The molecule has 2 amide bonds. The number of carbonyl (C=O) groups excluding carboxylic acids is 2. The van der Waals surface area contributed by atoms with Gasteiger partial charge in [0, 0.05) is 18.2 Å². The van der Waals surface area contributed by atoms with E-state index in [0.717, 1.165) is 32.1 Å². The van der Waals surface area contributed by atoms with E-state index in [1.54, 1.807) is 0 Å². The third kappa shape index (κ3) is 3.24. The quantitative estimate of drug-likeness (QED) is 0.791. The zero-order valence-electron chi connectivity index (χ0n) is 14.0. The van der Waals surface area contributed by atoms with Gasteiger partial charge in [-0.05, 0) is 61.6 Å². The van der Waals surface area contributed by atoms with E-state index in [1.807, 2.05) is 0 Å². The van der Waals surface area contributed by atoms with E-state index in [1.165, 1.54) is 40.2 Å². The summed E-state index contributed by atoms with van der Waals surface area (Å²) in [6, 6.07) is 6.96. The molecular weight excluding hydrogens is 286 g/mol. The molecule has 3 heteroatoms. The highest BCUT2D eigenvalue weighted by Crippen LogP contribution is 2.37. The van der Waals surface area contributed by atoms with Crippen LogP contribution < -0.4 is 0 Å². The van der Waals surface area contributed by atoms with Crippen LogP contribution in [0.5, 0.6) is 0 Å². The minimum atomic E-state index is -0.140. The zero-order valence-corrected chi connectivity index (χ0v) is 14.0. The van der Waals surface area contributed by atoms with Crippen molar-refractivity contribution in [1.29, 1.82) is 0 Å². The van der Waals surface area contributed by atoms with Crippen molar-refractivity contribution in [3.05, 3.63) is 47.0 Å². The van der Waals surface area contributed by atoms with Crippen molar-refractivity contribution in [2.45, 2.75) is 64.3 Å². The summed E-state index contributed by atoms with van der Waals surface area (Å²) in [7, 11) is 0. The molecule has 1 heterocycles. The van der Waals surface area contributed by atoms with Crippen LogP contribution in [0.2, 0.25) is 0 Å². The maximum absolute atomic E-state index is 11.8. The fraction of sp³-hybridized carbons (Fsp3) is 0.500. The van der Waals surface area contributed by atoms with Gasteiger partial charge in [-0.3, -0.25) is 14.5 Å². The smallest absolute Gasteiger partial charge is 0.253 e. The lowest BCUT2D eigenvalue weighted by Gasteiger charge is -2.34. The Morgan fingerprint density at radius 1 is 1.04 bits per heavy atom. The van der Waals surface area contributed by atoms with Crippen LogP contribution in [0.15, 0.2) is 30.4 Å². The van der Waals surface area contributed by atoms with E-state index in [4.69, 9.17) is 0 Å². The van der Waals surface area contributed by atoms with E-state index in [2.05, 4.69) is 32.0 Å². The lowest BCUT2D eigenvalue weighted by Crippen LogP contribution is -2.41. The van der Waals surface area contributed by atoms with Gasteiger partial charge in [-0.2, -0.15) is 0 Å². The summed E-state index contributed by atoms with van der Waals surface area (Å²) in [4.78, 5) is 25.1. The molecule has 1 aromatic rings. The molecule has 0 saturated heterocycles. The predicted octanol–water partition coefficient (Wildman–Crippen LogP) is 3.90. The number of hydrogen-bond donors (Lipinski definition) is 0. The molecule has 1 fully saturated rings. The van der Waals surface area contributed by atoms with Crippen LogP contribution in [0.3, 0.4) is 0 Å². The summed E-state index contributed by atoms with van der Waals surface area (Å²) < 4.78 is 0. The summed E-state index contributed by atoms with van der Waals surface area (Å²) in [5.74, 6) is 0.278. The minimum absolute atomic E-state index is 0.0842. The Balaban J connectivity index is 1.65. The van der Waals surface area contributed by atoms with Crippen LogP contribution in [-0.4, -0.2) is 22.8 Å². The van der Waals surface area contributed by atoms with Crippen molar-refractivity contribution in [1.82, 2.24) is 4.90 Å². The van der Waals surface area contributed by atoms with Gasteiger partial charge in [0.15, 0.2) is 0 Å². The number of carbonyl (C=O) groups is 2. The van der Waals surface area contributed by atoms with Gasteiger partial charge < -0.3 is 0 Å². The second-order valence-electron chi connectivity index (χ2n) is 6.83. The minimum Gasteiger partial charge on any atom is -0.272 e. The molecule has 0 unspecified atom stereocenters. The topological polar surface area (TPSA) is 37.4 Å². The Kier molecular flexibility index (Phi) is 4.65. The summed E-state index contributed by atoms with van der Waals surface area (Å²) in [6.07, 6.45) is 9.04. The maximum Gasteiger partial charge on any atom is 0.253 e. The van der Waals surface area contributed by atoms with Gasteiger partial charge in [0.1, 0.15) is 0 Å². The number of hydrogen-bond acceptors (Lipinski definition) is 2. The Morgan fingerprint density at radius 3 is 2.26 bits per heavy atom. The van der Waals surface area contributed by atoms with Crippen molar-refractivity contribution in [3.8, 4) is 0 Å². The number of benzene rings is 1. The molecule has 1 aromatic carbocycles. The van der Waals surface area contributed by atoms with Crippen LogP contribution in [0.4, 0.5) is 0 Å². The van der Waals surface area contributed by atoms with Gasteiger partial charge in [0.2, 0.25) is 0 Å². The Morgan fingerprint density at radius 2 is 1.70 bits per heavy atom. The van der Waals surface area contributed by atoms with Gasteiger partial charge in [0.05, 0.1) is 0 Å². The van der Waals surface area contributed by atoms with Gasteiger partial charge in [0.25, 0.3) is 11.8 Å².